The topological polar surface area (TPSA) is 87.7 Å². The molecule has 0 aromatic heterocycles. The second-order valence-corrected chi connectivity index (χ2v) is 4.90. The fraction of sp³-hybridized carbons (Fsp3) is 0.429. The molecule has 1 aromatic carbocycles. The van der Waals surface area contributed by atoms with Crippen LogP contribution in [0.4, 0.5) is 4.79 Å². The van der Waals surface area contributed by atoms with E-state index in [-0.39, 0.29) is 18.5 Å². The molecule has 7 heteroatoms. The van der Waals surface area contributed by atoms with Crippen molar-refractivity contribution in [3.63, 3.8) is 0 Å². The van der Waals surface area contributed by atoms with Gasteiger partial charge in [0.15, 0.2) is 0 Å². The number of carboxylic acid groups (broad SMARTS) is 1. The van der Waals surface area contributed by atoms with Gasteiger partial charge in [-0.05, 0) is 24.1 Å². The standard InChI is InChI=1S/C14H19ClN2O4/c1-21-9-12(10-4-2-5-11(15)8-10)17-14(20)16-7-3-6-13(18)19/h2,4-5,8,12H,3,6-7,9H2,1H3,(H,18,19)(H2,16,17,20). The maximum atomic E-state index is 11.8. The minimum Gasteiger partial charge on any atom is -0.481 e. The summed E-state index contributed by atoms with van der Waals surface area (Å²) >= 11 is 5.93. The van der Waals surface area contributed by atoms with Crippen molar-refractivity contribution in [2.24, 2.45) is 0 Å². The molecular weight excluding hydrogens is 296 g/mol. The Morgan fingerprint density at radius 1 is 1.43 bits per heavy atom. The Bertz CT molecular complexity index is 482. The number of aliphatic carboxylic acids is 1. The minimum atomic E-state index is -0.881. The molecule has 1 aromatic rings. The van der Waals surface area contributed by atoms with E-state index >= 15 is 0 Å². The van der Waals surface area contributed by atoms with E-state index in [1.807, 2.05) is 6.07 Å². The van der Waals surface area contributed by atoms with Crippen molar-refractivity contribution in [3.05, 3.63) is 34.9 Å². The number of amides is 2. The van der Waals surface area contributed by atoms with Crippen molar-refractivity contribution in [2.75, 3.05) is 20.3 Å². The molecule has 0 aliphatic carbocycles. The van der Waals surface area contributed by atoms with Crippen molar-refractivity contribution in [2.45, 2.75) is 18.9 Å². The maximum Gasteiger partial charge on any atom is 0.315 e. The van der Waals surface area contributed by atoms with Crippen LogP contribution >= 0.6 is 11.6 Å². The van der Waals surface area contributed by atoms with Crippen LogP contribution in [0.1, 0.15) is 24.4 Å². The third-order valence-electron chi connectivity index (χ3n) is 2.74. The Labute approximate surface area is 128 Å². The first kappa shape index (κ1) is 17.3. The van der Waals surface area contributed by atoms with Crippen molar-refractivity contribution in [1.82, 2.24) is 10.6 Å². The smallest absolute Gasteiger partial charge is 0.315 e. The average molecular weight is 315 g/mol. The average Bonchev–Trinajstić information content (AvgIpc) is 2.43. The summed E-state index contributed by atoms with van der Waals surface area (Å²) in [6, 6.07) is 6.46. The summed E-state index contributed by atoms with van der Waals surface area (Å²) in [6.07, 6.45) is 0.408. The molecule has 3 N–H and O–H groups in total. The van der Waals surface area contributed by atoms with E-state index in [1.54, 1.807) is 25.3 Å². The zero-order valence-corrected chi connectivity index (χ0v) is 12.5. The quantitative estimate of drug-likeness (QED) is 0.642. The van der Waals surface area contributed by atoms with Gasteiger partial charge in [0.05, 0.1) is 12.6 Å². The molecule has 1 rings (SSSR count). The lowest BCUT2D eigenvalue weighted by Gasteiger charge is -2.19. The van der Waals surface area contributed by atoms with Crippen molar-refractivity contribution < 1.29 is 19.4 Å². The van der Waals surface area contributed by atoms with Gasteiger partial charge in [0.1, 0.15) is 0 Å². The van der Waals surface area contributed by atoms with Gasteiger partial charge in [-0.25, -0.2) is 4.79 Å². The van der Waals surface area contributed by atoms with Crippen molar-refractivity contribution in [1.29, 1.82) is 0 Å². The van der Waals surface area contributed by atoms with Gasteiger partial charge in [-0.3, -0.25) is 4.79 Å². The Balaban J connectivity index is 2.50. The fourth-order valence-electron chi connectivity index (χ4n) is 1.76. The molecule has 6 nitrogen and oxygen atoms in total. The lowest BCUT2D eigenvalue weighted by atomic mass is 10.1. The van der Waals surface area contributed by atoms with Crippen LogP contribution in [0.25, 0.3) is 0 Å². The molecule has 0 fully saturated rings. The number of ether oxygens (including phenoxy) is 1. The summed E-state index contributed by atoms with van der Waals surface area (Å²) in [7, 11) is 1.55. The van der Waals surface area contributed by atoms with Crippen LogP contribution in [-0.4, -0.2) is 37.4 Å². The maximum absolute atomic E-state index is 11.8. The molecule has 0 saturated heterocycles. The first-order valence-electron chi connectivity index (χ1n) is 6.53. The number of methoxy groups -OCH3 is 1. The molecule has 0 saturated carbocycles. The number of nitrogens with one attached hydrogen (secondary N) is 2. The van der Waals surface area contributed by atoms with Crippen LogP contribution in [0.5, 0.6) is 0 Å². The molecule has 0 radical (unpaired) electrons. The lowest BCUT2D eigenvalue weighted by Crippen LogP contribution is -2.40. The first-order chi connectivity index (χ1) is 10.0. The third-order valence-corrected chi connectivity index (χ3v) is 2.98. The predicted octanol–water partition coefficient (Wildman–Crippen LogP) is 2.19. The van der Waals surface area contributed by atoms with Crippen molar-refractivity contribution >= 4 is 23.6 Å². The summed E-state index contributed by atoms with van der Waals surface area (Å²) < 4.78 is 5.09. The van der Waals surface area contributed by atoms with E-state index in [0.717, 1.165) is 5.56 Å². The van der Waals surface area contributed by atoms with E-state index in [9.17, 15) is 9.59 Å². The Hall–Kier alpha value is -1.79. The second kappa shape index (κ2) is 9.20. The molecule has 0 bridgehead atoms. The largest absolute Gasteiger partial charge is 0.481 e. The molecule has 0 aliphatic heterocycles. The van der Waals surface area contributed by atoms with Gasteiger partial charge in [-0.1, -0.05) is 23.7 Å². The van der Waals surface area contributed by atoms with Gasteiger partial charge in [0, 0.05) is 25.1 Å². The van der Waals surface area contributed by atoms with Crippen LogP contribution < -0.4 is 10.6 Å². The number of hydrogen-bond acceptors (Lipinski definition) is 3. The van der Waals surface area contributed by atoms with Crippen LogP contribution in [0.15, 0.2) is 24.3 Å². The molecular formula is C14H19ClN2O4. The number of benzene rings is 1. The Morgan fingerprint density at radius 2 is 2.19 bits per heavy atom. The second-order valence-electron chi connectivity index (χ2n) is 4.46. The van der Waals surface area contributed by atoms with E-state index < -0.39 is 5.97 Å². The summed E-state index contributed by atoms with van der Waals surface area (Å²) in [6.45, 7) is 0.607. The molecule has 0 heterocycles. The summed E-state index contributed by atoms with van der Waals surface area (Å²) in [4.78, 5) is 22.1. The Morgan fingerprint density at radius 3 is 2.81 bits per heavy atom. The summed E-state index contributed by atoms with van der Waals surface area (Å²) in [5, 5.41) is 14.5. The first-order valence-corrected chi connectivity index (χ1v) is 6.91. The van der Waals surface area contributed by atoms with E-state index in [0.29, 0.717) is 24.6 Å². The molecule has 0 aliphatic rings. The number of carbonyl (C=O) groups is 2. The normalized spacial score (nSPS) is 11.7. The highest BCUT2D eigenvalue weighted by Gasteiger charge is 2.14. The van der Waals surface area contributed by atoms with Crippen LogP contribution in [0.2, 0.25) is 5.02 Å². The van der Waals surface area contributed by atoms with Crippen LogP contribution in [0.3, 0.4) is 0 Å². The van der Waals surface area contributed by atoms with E-state index in [4.69, 9.17) is 21.4 Å². The number of carbonyl (C=O) groups excluding carboxylic acids is 1. The van der Waals surface area contributed by atoms with Crippen molar-refractivity contribution in [3.8, 4) is 0 Å². The van der Waals surface area contributed by atoms with Crippen LogP contribution in [-0.2, 0) is 9.53 Å². The van der Waals surface area contributed by atoms with Gasteiger partial charge in [0.2, 0.25) is 0 Å². The summed E-state index contributed by atoms with van der Waals surface area (Å²) in [5.74, 6) is -0.881. The predicted molar refractivity (Wildman–Crippen MR) is 79.5 cm³/mol. The number of urea groups is 1. The zero-order valence-electron chi connectivity index (χ0n) is 11.8. The van der Waals surface area contributed by atoms with E-state index in [2.05, 4.69) is 10.6 Å². The highest BCUT2D eigenvalue weighted by molar-refractivity contribution is 6.30. The molecule has 21 heavy (non-hydrogen) atoms. The number of rotatable bonds is 8. The number of hydrogen-bond donors (Lipinski definition) is 3. The molecule has 1 unspecified atom stereocenters. The van der Waals surface area contributed by atoms with Gasteiger partial charge in [-0.2, -0.15) is 0 Å². The SMILES string of the molecule is COCC(NC(=O)NCCCC(=O)O)c1cccc(Cl)c1. The summed E-state index contributed by atoms with van der Waals surface area (Å²) in [5.41, 5.74) is 0.838. The number of carboxylic acids is 1. The Kier molecular flexibility index (Phi) is 7.56. The van der Waals surface area contributed by atoms with Gasteiger partial charge >= 0.3 is 12.0 Å². The van der Waals surface area contributed by atoms with Gasteiger partial charge in [-0.15, -0.1) is 0 Å². The fourth-order valence-corrected chi connectivity index (χ4v) is 1.96. The third kappa shape index (κ3) is 6.97. The molecule has 1 atom stereocenters. The van der Waals surface area contributed by atoms with E-state index in [1.165, 1.54) is 0 Å². The minimum absolute atomic E-state index is 0.0239. The highest BCUT2D eigenvalue weighted by Crippen LogP contribution is 2.18. The number of halogens is 1. The highest BCUT2D eigenvalue weighted by atomic mass is 35.5. The molecule has 116 valence electrons. The zero-order chi connectivity index (χ0) is 15.7. The molecule has 2 amide bonds. The van der Waals surface area contributed by atoms with Gasteiger partial charge in [0.25, 0.3) is 0 Å². The monoisotopic (exact) mass is 314 g/mol. The van der Waals surface area contributed by atoms with Gasteiger partial charge < -0.3 is 20.5 Å². The lowest BCUT2D eigenvalue weighted by molar-refractivity contribution is -0.137. The van der Waals surface area contributed by atoms with Crippen LogP contribution in [0, 0.1) is 0 Å². The molecule has 0 spiro atoms.